The van der Waals surface area contributed by atoms with Gasteiger partial charge in [0.1, 0.15) is 28.7 Å². The molecule has 3 saturated carbocycles. The summed E-state index contributed by atoms with van der Waals surface area (Å²) in [7, 11) is 3.28. The van der Waals surface area contributed by atoms with E-state index >= 15 is 4.39 Å². The lowest BCUT2D eigenvalue weighted by Crippen LogP contribution is -2.61. The lowest BCUT2D eigenvalue weighted by Gasteiger charge is -2.40. The van der Waals surface area contributed by atoms with Crippen LogP contribution in [0, 0.1) is 18.3 Å². The number of alkyl halides is 1. The number of thioether (sulfide) groups is 1. The second kappa shape index (κ2) is 20.8. The Morgan fingerprint density at radius 3 is 2.51 bits per heavy atom. The predicted molar refractivity (Wildman–Crippen MR) is 275 cm³/mol. The number of β-amino-alcohol motifs (C(OH)–C–C–N with tert-alkyl or cyclic N) is 1. The molecule has 2 saturated heterocycles. The first-order chi connectivity index (χ1) is 34.0. The van der Waals surface area contributed by atoms with Crippen LogP contribution < -0.4 is 26.0 Å². The molecule has 380 valence electrons. The molecule has 4 aromatic rings. The third-order valence-electron chi connectivity index (χ3n) is 15.0. The Bertz CT molecular complexity index is 2630. The summed E-state index contributed by atoms with van der Waals surface area (Å²) in [5.41, 5.74) is 3.92. The number of aliphatic hydroxyl groups excluding tert-OH is 1. The van der Waals surface area contributed by atoms with Gasteiger partial charge in [-0.1, -0.05) is 42.3 Å². The van der Waals surface area contributed by atoms with Crippen molar-refractivity contribution in [3.63, 3.8) is 0 Å². The largest absolute Gasteiger partial charge is 0.495 e. The van der Waals surface area contributed by atoms with Crippen LogP contribution in [0.1, 0.15) is 86.8 Å². The van der Waals surface area contributed by atoms with Crippen molar-refractivity contribution in [1.82, 2.24) is 40.3 Å². The van der Waals surface area contributed by atoms with Gasteiger partial charge in [-0.2, -0.15) is 4.98 Å². The first kappa shape index (κ1) is 50.8. The van der Waals surface area contributed by atoms with E-state index in [9.17, 15) is 24.3 Å². The van der Waals surface area contributed by atoms with Gasteiger partial charge in [-0.05, 0) is 100.0 Å². The van der Waals surface area contributed by atoms with Gasteiger partial charge in [-0.3, -0.25) is 24.1 Å². The normalized spacial score (nSPS) is 24.3. The number of hydrogen-bond donors (Lipinski definition) is 5. The maximum atomic E-state index is 15.3. The fourth-order valence-electron chi connectivity index (χ4n) is 10.7. The van der Waals surface area contributed by atoms with Gasteiger partial charge in [0.2, 0.25) is 17.8 Å². The van der Waals surface area contributed by atoms with Crippen molar-refractivity contribution in [2.24, 2.45) is 11.3 Å². The Labute approximate surface area is 427 Å². The molecule has 2 aromatic heterocycles. The monoisotopic (exact) mass is 1030 g/mol. The van der Waals surface area contributed by atoms with E-state index in [1.807, 2.05) is 55.4 Å². The highest BCUT2D eigenvalue weighted by Gasteiger charge is 2.60. The number of likely N-dealkylation sites (tertiary alicyclic amines) is 1. The van der Waals surface area contributed by atoms with Gasteiger partial charge in [0.25, 0.3) is 11.8 Å². The number of thiazole rings is 1. The van der Waals surface area contributed by atoms with E-state index in [2.05, 4.69) is 41.1 Å². The van der Waals surface area contributed by atoms with E-state index in [-0.39, 0.29) is 48.9 Å². The van der Waals surface area contributed by atoms with Crippen molar-refractivity contribution >= 4 is 75.8 Å². The molecule has 6 atom stereocenters. The van der Waals surface area contributed by atoms with Crippen LogP contribution in [0.5, 0.6) is 5.75 Å². The Kier molecular flexibility index (Phi) is 14.9. The van der Waals surface area contributed by atoms with Crippen LogP contribution in [0.4, 0.5) is 21.8 Å². The number of anilines is 3. The molecule has 71 heavy (non-hydrogen) atoms. The Balaban J connectivity index is 0.791. The third kappa shape index (κ3) is 11.3. The molecule has 2 aliphatic heterocycles. The van der Waals surface area contributed by atoms with Gasteiger partial charge in [0.05, 0.1) is 41.2 Å². The van der Waals surface area contributed by atoms with Crippen LogP contribution in [0.15, 0.2) is 54.2 Å². The number of rotatable bonds is 17. The number of amides is 4. The lowest BCUT2D eigenvalue weighted by molar-refractivity contribution is -0.143. The van der Waals surface area contributed by atoms with Crippen molar-refractivity contribution in [1.29, 1.82) is 0 Å². The Hall–Kier alpha value is -5.08. The number of nitrogens with zero attached hydrogens (tertiary/aromatic N) is 6. The summed E-state index contributed by atoms with van der Waals surface area (Å²) >= 11 is 9.40. The van der Waals surface area contributed by atoms with Gasteiger partial charge >= 0.3 is 0 Å². The quantitative estimate of drug-likeness (QED) is 0.0739. The maximum absolute atomic E-state index is 15.3. The van der Waals surface area contributed by atoms with E-state index in [1.54, 1.807) is 55.5 Å². The fourth-order valence-corrected chi connectivity index (χ4v) is 13.6. The highest BCUT2D eigenvalue weighted by Crippen LogP contribution is 2.65. The molecular formula is C51H64ClFN10O6S2. The second-order valence-electron chi connectivity index (χ2n) is 20.5. The number of carbonyl (C=O) groups excluding carboxylic acids is 4. The molecule has 5 N–H and O–H groups in total. The summed E-state index contributed by atoms with van der Waals surface area (Å²) in [5, 5.41) is 23.4. The number of hydrogen-bond acceptors (Lipinski definition) is 14. The average molecular weight is 1030 g/mol. The first-order valence-corrected chi connectivity index (χ1v) is 26.7. The molecule has 3 aliphatic carbocycles. The minimum absolute atomic E-state index is 0.0569. The molecule has 5 fully saturated rings. The molecule has 0 bridgehead atoms. The van der Waals surface area contributed by atoms with Crippen molar-refractivity contribution in [3.8, 4) is 16.2 Å². The lowest BCUT2D eigenvalue weighted by atomic mass is 9.78. The van der Waals surface area contributed by atoms with E-state index in [4.69, 9.17) is 16.3 Å². The van der Waals surface area contributed by atoms with Crippen molar-refractivity contribution in [3.05, 3.63) is 76.0 Å². The first-order valence-electron chi connectivity index (χ1n) is 24.6. The van der Waals surface area contributed by atoms with Gasteiger partial charge in [-0.15, -0.1) is 23.1 Å². The molecular weight excluding hydrogens is 967 g/mol. The van der Waals surface area contributed by atoms with E-state index in [0.717, 1.165) is 73.4 Å². The molecule has 4 amide bonds. The van der Waals surface area contributed by atoms with Crippen LogP contribution in [-0.2, 0) is 20.9 Å². The Morgan fingerprint density at radius 2 is 1.82 bits per heavy atom. The summed E-state index contributed by atoms with van der Waals surface area (Å²) in [5.74, 6) is 0.0356. The van der Waals surface area contributed by atoms with Gasteiger partial charge in [0.15, 0.2) is 5.67 Å². The second-order valence-corrected chi connectivity index (χ2v) is 23.6. The summed E-state index contributed by atoms with van der Waals surface area (Å²) in [6.07, 6.45) is 6.17. The summed E-state index contributed by atoms with van der Waals surface area (Å²) in [6, 6.07) is 11.1. The SMILES string of the molecule is CNc1nc(Nc2ccc(C(=O)N3CCN(C[C@@H]4CCCC5(CC5SC(C)(C)[C@H](NC(=O)C5(F)CC5)C(=O)N5C[C@H](O)CC5C(=O)NCc5ccc(-c6scnc6C)cc5)C4)CC3)cc2OC)ncc1Cl. The average Bonchev–Trinajstić information content (AvgIpc) is 4.13. The van der Waals surface area contributed by atoms with Crippen LogP contribution >= 0.6 is 34.7 Å². The Morgan fingerprint density at radius 1 is 1.06 bits per heavy atom. The molecule has 4 heterocycles. The highest BCUT2D eigenvalue weighted by molar-refractivity contribution is 8.01. The fraction of sp³-hybridized carbons (Fsp3) is 0.549. The van der Waals surface area contributed by atoms with Crippen molar-refractivity contribution in [2.75, 3.05) is 64.1 Å². The molecule has 16 nitrogen and oxygen atoms in total. The van der Waals surface area contributed by atoms with E-state index < -0.39 is 46.3 Å². The van der Waals surface area contributed by atoms with E-state index in [1.165, 1.54) is 11.1 Å². The van der Waals surface area contributed by atoms with Gasteiger partial charge in [-0.25, -0.2) is 14.4 Å². The number of ether oxygens (including phenoxy) is 1. The summed E-state index contributed by atoms with van der Waals surface area (Å²) < 4.78 is 20.1. The van der Waals surface area contributed by atoms with Crippen molar-refractivity contribution in [2.45, 2.75) is 113 Å². The smallest absolute Gasteiger partial charge is 0.258 e. The number of carbonyl (C=O) groups is 4. The number of aromatic nitrogens is 3. The number of aryl methyl sites for hydroxylation is 1. The topological polar surface area (TPSA) is 194 Å². The molecule has 5 aliphatic rings. The molecule has 20 heteroatoms. The maximum Gasteiger partial charge on any atom is 0.258 e. The third-order valence-corrected chi connectivity index (χ3v) is 18.1. The number of methoxy groups -OCH3 is 1. The molecule has 0 radical (unpaired) electrons. The predicted octanol–water partition coefficient (Wildman–Crippen LogP) is 6.84. The number of nitrogens with one attached hydrogen (secondary N) is 4. The summed E-state index contributed by atoms with van der Waals surface area (Å²) in [4.78, 5) is 75.5. The zero-order valence-corrected chi connectivity index (χ0v) is 43.3. The number of piperazine rings is 1. The van der Waals surface area contributed by atoms with E-state index in [0.29, 0.717) is 52.8 Å². The van der Waals surface area contributed by atoms with Crippen LogP contribution in [0.25, 0.3) is 10.4 Å². The van der Waals surface area contributed by atoms with Crippen LogP contribution in [0.2, 0.25) is 5.02 Å². The summed E-state index contributed by atoms with van der Waals surface area (Å²) in [6.45, 7) is 9.69. The van der Waals surface area contributed by atoms with Gasteiger partial charge in [0, 0.05) is 74.8 Å². The van der Waals surface area contributed by atoms with Gasteiger partial charge < -0.3 is 40.9 Å². The standard InChI is InChI=1S/C51H64ClFN10O6S2/c1-30-41(70-29-57-30)33-10-8-31(9-11-33)25-55-44(65)38-22-35(64)28-63(38)46(67)42(59-47(68)51(53)15-16-51)49(2,3)71-40-24-50(40)14-6-7-32(23-50)27-61-17-19-62(20-18-61)45(66)34-12-13-37(39(21-34)69-5)58-48-56-26-36(52)43(54-4)60-48/h8-13,21,26,29,32,35,38,40,42,64H,6-7,14-20,22-25,27-28H2,1-5H3,(H,55,65)(H,59,68)(H2,54,56,58,60)/t32-,35-,38?,40?,42-,50?/m1/s1. The number of aliphatic hydroxyl groups is 1. The molecule has 9 rings (SSSR count). The van der Waals surface area contributed by atoms with Crippen LogP contribution in [-0.4, -0.2) is 146 Å². The number of halogens is 2. The minimum atomic E-state index is -2.01. The zero-order chi connectivity index (χ0) is 50.2. The molecule has 2 aromatic carbocycles. The molecule has 3 unspecified atom stereocenters. The number of benzene rings is 2. The minimum Gasteiger partial charge on any atom is -0.495 e. The highest BCUT2D eigenvalue weighted by atomic mass is 35.5. The zero-order valence-electron chi connectivity index (χ0n) is 40.9. The van der Waals surface area contributed by atoms with Crippen LogP contribution in [0.3, 0.4) is 0 Å². The van der Waals surface area contributed by atoms with Crippen molar-refractivity contribution < 1.29 is 33.4 Å². The molecule has 1 spiro atoms.